The third kappa shape index (κ3) is 9.85. The number of hydrogen-bond acceptors (Lipinski definition) is 2. The molecule has 0 aliphatic carbocycles. The van der Waals surface area contributed by atoms with Gasteiger partial charge < -0.3 is 0 Å². The lowest BCUT2D eigenvalue weighted by Crippen LogP contribution is -2.07. The van der Waals surface area contributed by atoms with Crippen LogP contribution in [0.5, 0.6) is 0 Å². The van der Waals surface area contributed by atoms with Crippen LogP contribution in [0.1, 0.15) is 98.0 Å². The maximum absolute atomic E-state index is 4.76. The van der Waals surface area contributed by atoms with Gasteiger partial charge in [-0.15, -0.1) is 0 Å². The second-order valence-corrected chi connectivity index (χ2v) is 6.33. The van der Waals surface area contributed by atoms with Gasteiger partial charge in [0.1, 0.15) is 5.82 Å². The van der Waals surface area contributed by atoms with Gasteiger partial charge in [-0.05, 0) is 37.7 Å². The molecule has 0 saturated heterocycles. The first-order chi connectivity index (χ1) is 11.7. The van der Waals surface area contributed by atoms with Gasteiger partial charge in [0.2, 0.25) is 0 Å². The predicted molar refractivity (Wildman–Crippen MR) is 107 cm³/mol. The molecule has 1 atom stereocenters. The molecule has 1 aromatic heterocycles. The molecule has 0 N–H and O–H groups in total. The molecule has 0 saturated carbocycles. The van der Waals surface area contributed by atoms with E-state index in [0.29, 0.717) is 5.92 Å². The van der Waals surface area contributed by atoms with Crippen molar-refractivity contribution in [1.82, 2.24) is 9.97 Å². The van der Waals surface area contributed by atoms with Crippen LogP contribution in [0.15, 0.2) is 23.9 Å². The molecule has 1 unspecified atom stereocenters. The summed E-state index contributed by atoms with van der Waals surface area (Å²) in [5.41, 5.74) is 2.72. The van der Waals surface area contributed by atoms with Crippen LogP contribution in [0.25, 0.3) is 0 Å². The zero-order valence-corrected chi connectivity index (χ0v) is 17.1. The van der Waals surface area contributed by atoms with Crippen molar-refractivity contribution in [3.05, 3.63) is 35.4 Å². The van der Waals surface area contributed by atoms with Gasteiger partial charge in [-0.1, -0.05) is 78.9 Å². The van der Waals surface area contributed by atoms with Gasteiger partial charge in [-0.25, -0.2) is 9.97 Å². The Hall–Kier alpha value is -1.18. The van der Waals surface area contributed by atoms with Gasteiger partial charge in [-0.2, -0.15) is 0 Å². The Balaban J connectivity index is 0.00000254. The summed E-state index contributed by atoms with van der Waals surface area (Å²) in [5, 5.41) is 0. The summed E-state index contributed by atoms with van der Waals surface area (Å²) in [7, 11) is 0. The quantitative estimate of drug-likeness (QED) is 0.324. The van der Waals surface area contributed by atoms with Crippen molar-refractivity contribution in [2.45, 2.75) is 99.3 Å². The highest BCUT2D eigenvalue weighted by Gasteiger charge is 2.11. The molecule has 0 bridgehead atoms. The molecule has 1 heterocycles. The molecule has 0 spiro atoms. The van der Waals surface area contributed by atoms with E-state index in [1.807, 2.05) is 20.0 Å². The van der Waals surface area contributed by atoms with Crippen LogP contribution in [0.4, 0.5) is 0 Å². The highest BCUT2D eigenvalue weighted by molar-refractivity contribution is 5.14. The summed E-state index contributed by atoms with van der Waals surface area (Å²) in [5.74, 6) is 1.64. The van der Waals surface area contributed by atoms with E-state index >= 15 is 0 Å². The van der Waals surface area contributed by atoms with E-state index in [4.69, 9.17) is 4.98 Å². The fraction of sp³-hybridized carbons (Fsp3) is 0.727. The molecule has 1 aromatic rings. The van der Waals surface area contributed by atoms with Gasteiger partial charge in [-0.3, -0.25) is 0 Å². The Morgan fingerprint density at radius 2 is 1.79 bits per heavy atom. The Kier molecular flexibility index (Phi) is 14.6. The SMILES string of the molecule is CC.CC/C=C(/Cc1nccc(CCCC)n1)C(C)CCCCC. The van der Waals surface area contributed by atoms with Gasteiger partial charge in [0.25, 0.3) is 0 Å². The standard InChI is InChI=1S/C20H34N2.C2H6/c1-5-8-10-12-17(4)18(11-7-3)16-20-21-15-14-19(22-20)13-9-6-2;1-2/h11,14-15,17H,5-10,12-13,16H2,1-4H3;1-2H3/b18-11-;. The van der Waals surface area contributed by atoms with Crippen LogP contribution < -0.4 is 0 Å². The summed E-state index contributed by atoms with van der Waals surface area (Å²) >= 11 is 0. The van der Waals surface area contributed by atoms with Crippen molar-refractivity contribution in [1.29, 1.82) is 0 Å². The van der Waals surface area contributed by atoms with Crippen molar-refractivity contribution in [2.24, 2.45) is 5.92 Å². The molecule has 1 rings (SSSR count). The minimum atomic E-state index is 0.648. The number of aryl methyl sites for hydroxylation is 1. The summed E-state index contributed by atoms with van der Waals surface area (Å²) in [6.07, 6.45) is 15.1. The van der Waals surface area contributed by atoms with Gasteiger partial charge >= 0.3 is 0 Å². The van der Waals surface area contributed by atoms with Crippen LogP contribution >= 0.6 is 0 Å². The van der Waals surface area contributed by atoms with Crippen molar-refractivity contribution in [3.63, 3.8) is 0 Å². The summed E-state index contributed by atoms with van der Waals surface area (Å²) in [6.45, 7) is 13.1. The van der Waals surface area contributed by atoms with E-state index in [1.54, 1.807) is 0 Å². The van der Waals surface area contributed by atoms with Crippen LogP contribution in [0, 0.1) is 5.92 Å². The Labute approximate surface area is 151 Å². The fourth-order valence-electron chi connectivity index (χ4n) is 2.80. The molecule has 2 nitrogen and oxygen atoms in total. The van der Waals surface area contributed by atoms with E-state index in [2.05, 4.69) is 44.8 Å². The van der Waals surface area contributed by atoms with E-state index in [0.717, 1.165) is 25.1 Å². The lowest BCUT2D eigenvalue weighted by molar-refractivity contribution is 0.541. The van der Waals surface area contributed by atoms with E-state index in [-0.39, 0.29) is 0 Å². The first kappa shape index (κ1) is 22.8. The summed E-state index contributed by atoms with van der Waals surface area (Å²) in [4.78, 5) is 9.26. The second-order valence-electron chi connectivity index (χ2n) is 6.33. The molecule has 24 heavy (non-hydrogen) atoms. The topological polar surface area (TPSA) is 25.8 Å². The first-order valence-corrected chi connectivity index (χ1v) is 10.2. The minimum absolute atomic E-state index is 0.648. The predicted octanol–water partition coefficient (Wildman–Crippen LogP) is 6.94. The lowest BCUT2D eigenvalue weighted by Gasteiger charge is -2.16. The van der Waals surface area contributed by atoms with Crippen molar-refractivity contribution >= 4 is 0 Å². The van der Waals surface area contributed by atoms with Gasteiger partial charge in [0.05, 0.1) is 0 Å². The third-order valence-corrected chi connectivity index (χ3v) is 4.25. The largest absolute Gasteiger partial charge is 0.241 e. The van der Waals surface area contributed by atoms with E-state index in [1.165, 1.54) is 49.8 Å². The van der Waals surface area contributed by atoms with Gasteiger partial charge in [0, 0.05) is 18.3 Å². The zero-order valence-electron chi connectivity index (χ0n) is 17.1. The molecule has 138 valence electrons. The number of hydrogen-bond donors (Lipinski definition) is 0. The smallest absolute Gasteiger partial charge is 0.132 e. The molecule has 0 amide bonds. The first-order valence-electron chi connectivity index (χ1n) is 10.2. The Morgan fingerprint density at radius 3 is 2.42 bits per heavy atom. The highest BCUT2D eigenvalue weighted by atomic mass is 14.9. The van der Waals surface area contributed by atoms with E-state index in [9.17, 15) is 0 Å². The normalized spacial score (nSPS) is 12.5. The molecular formula is C22H40N2. The maximum Gasteiger partial charge on any atom is 0.132 e. The number of aromatic nitrogens is 2. The third-order valence-electron chi connectivity index (χ3n) is 4.25. The van der Waals surface area contributed by atoms with Crippen molar-refractivity contribution in [2.75, 3.05) is 0 Å². The Bertz CT molecular complexity index is 437. The number of unbranched alkanes of at least 4 members (excludes halogenated alkanes) is 3. The molecule has 0 aliphatic rings. The van der Waals surface area contributed by atoms with Crippen LogP contribution in [0.2, 0.25) is 0 Å². The summed E-state index contributed by atoms with van der Waals surface area (Å²) in [6, 6.07) is 2.06. The molecule has 2 heteroatoms. The average molecular weight is 333 g/mol. The average Bonchev–Trinajstić information content (AvgIpc) is 2.62. The Morgan fingerprint density at radius 1 is 1.08 bits per heavy atom. The molecule has 0 radical (unpaired) electrons. The lowest BCUT2D eigenvalue weighted by atomic mass is 9.91. The molecular weight excluding hydrogens is 292 g/mol. The van der Waals surface area contributed by atoms with Crippen LogP contribution in [0.3, 0.4) is 0 Å². The van der Waals surface area contributed by atoms with Crippen LogP contribution in [-0.2, 0) is 12.8 Å². The number of allylic oxidation sites excluding steroid dienone is 2. The number of nitrogens with zero attached hydrogens (tertiary/aromatic N) is 2. The summed E-state index contributed by atoms with van der Waals surface area (Å²) < 4.78 is 0. The maximum atomic E-state index is 4.76. The van der Waals surface area contributed by atoms with Crippen LogP contribution in [-0.4, -0.2) is 9.97 Å². The highest BCUT2D eigenvalue weighted by Crippen LogP contribution is 2.22. The minimum Gasteiger partial charge on any atom is -0.241 e. The molecule has 0 fully saturated rings. The van der Waals surface area contributed by atoms with Crippen molar-refractivity contribution < 1.29 is 0 Å². The number of rotatable bonds is 11. The molecule has 0 aromatic carbocycles. The monoisotopic (exact) mass is 332 g/mol. The zero-order chi connectivity index (χ0) is 18.2. The van der Waals surface area contributed by atoms with Crippen molar-refractivity contribution in [3.8, 4) is 0 Å². The molecule has 0 aliphatic heterocycles. The van der Waals surface area contributed by atoms with Gasteiger partial charge in [0.15, 0.2) is 0 Å². The second kappa shape index (κ2) is 15.4. The van der Waals surface area contributed by atoms with E-state index < -0.39 is 0 Å². The fourth-order valence-corrected chi connectivity index (χ4v) is 2.80.